The predicted molar refractivity (Wildman–Crippen MR) is 90.5 cm³/mol. The fourth-order valence-corrected chi connectivity index (χ4v) is 2.66. The number of aliphatic hydroxyl groups excluding tert-OH is 8. The Hall–Kier alpha value is -0.0900. The van der Waals surface area contributed by atoms with Gasteiger partial charge in [0.2, 0.25) is 0 Å². The second-order valence-electron chi connectivity index (χ2n) is 6.03. The highest BCUT2D eigenvalue weighted by Crippen LogP contribution is 2.24. The van der Waals surface area contributed by atoms with E-state index in [1.54, 1.807) is 0 Å². The minimum atomic E-state index is -1.76. The molecule has 0 aromatic rings. The minimum absolute atomic E-state index is 0.0611. The van der Waals surface area contributed by atoms with Crippen LogP contribution < -0.4 is 5.32 Å². The third kappa shape index (κ3) is 6.22. The molecule has 0 spiro atoms. The van der Waals surface area contributed by atoms with Gasteiger partial charge in [-0.15, -0.1) is 0 Å². The van der Waals surface area contributed by atoms with E-state index >= 15 is 0 Å². The lowest BCUT2D eigenvalue weighted by Gasteiger charge is -2.42. The summed E-state index contributed by atoms with van der Waals surface area (Å²) in [6.45, 7) is -1.12. The first kappa shape index (κ1) is 23.9. The molecule has 1 aliphatic rings. The molecule has 1 aliphatic heterocycles. The van der Waals surface area contributed by atoms with Crippen molar-refractivity contribution < 1.29 is 50.3 Å². The van der Waals surface area contributed by atoms with Crippen LogP contribution >= 0.6 is 12.6 Å². The molecule has 1 fully saturated rings. The van der Waals surface area contributed by atoms with Gasteiger partial charge in [-0.2, -0.15) is 12.6 Å². The van der Waals surface area contributed by atoms with Crippen molar-refractivity contribution in [2.75, 3.05) is 32.1 Å². The van der Waals surface area contributed by atoms with Gasteiger partial charge in [-0.05, 0) is 0 Å². The molecule has 0 unspecified atom stereocenters. The van der Waals surface area contributed by atoms with E-state index in [4.69, 9.17) is 19.7 Å². The van der Waals surface area contributed by atoms with E-state index in [9.17, 15) is 30.6 Å². The second kappa shape index (κ2) is 11.7. The monoisotopic (exact) mass is 403 g/mol. The SMILES string of the molecule is OC[C@@H](O)[C@@H](O[C@@H]1O[C@H](CO)[C@H](O)[C@H](O)[C@H]1O)[C@H](O)[C@@H](O)CNCCS. The molecule has 0 aliphatic carbocycles. The maximum absolute atomic E-state index is 10.2. The third-order valence-corrected chi connectivity index (χ3v) is 4.30. The van der Waals surface area contributed by atoms with E-state index in [0.717, 1.165) is 0 Å². The Bertz CT molecular complexity index is 393. The molecule has 0 saturated carbocycles. The maximum Gasteiger partial charge on any atom is 0.187 e. The van der Waals surface area contributed by atoms with Crippen LogP contribution in [-0.4, -0.2) is 128 Å². The van der Waals surface area contributed by atoms with Crippen LogP contribution in [0.3, 0.4) is 0 Å². The normalized spacial score (nSPS) is 34.3. The van der Waals surface area contributed by atoms with Gasteiger partial charge in [-0.3, -0.25) is 0 Å². The molecule has 26 heavy (non-hydrogen) atoms. The molecule has 0 radical (unpaired) electrons. The van der Waals surface area contributed by atoms with Crippen LogP contribution in [0, 0.1) is 0 Å². The smallest absolute Gasteiger partial charge is 0.187 e. The lowest BCUT2D eigenvalue weighted by molar-refractivity contribution is -0.327. The van der Waals surface area contributed by atoms with Crippen LogP contribution in [0.2, 0.25) is 0 Å². The van der Waals surface area contributed by atoms with Gasteiger partial charge in [0.05, 0.1) is 19.3 Å². The molecule has 1 rings (SSSR count). The van der Waals surface area contributed by atoms with E-state index in [0.29, 0.717) is 12.3 Å². The van der Waals surface area contributed by atoms with Crippen molar-refractivity contribution in [1.82, 2.24) is 5.32 Å². The van der Waals surface area contributed by atoms with Crippen LogP contribution in [-0.2, 0) is 9.47 Å². The van der Waals surface area contributed by atoms with Crippen molar-refractivity contribution >= 4 is 12.6 Å². The summed E-state index contributed by atoms with van der Waals surface area (Å²) >= 11 is 3.98. The van der Waals surface area contributed by atoms with E-state index < -0.39 is 68.3 Å². The Balaban J connectivity index is 2.82. The second-order valence-corrected chi connectivity index (χ2v) is 6.48. The molecule has 9 atom stereocenters. The summed E-state index contributed by atoms with van der Waals surface area (Å²) in [6, 6.07) is 0. The van der Waals surface area contributed by atoms with E-state index in [2.05, 4.69) is 17.9 Å². The van der Waals surface area contributed by atoms with Crippen LogP contribution in [0.4, 0.5) is 0 Å². The number of thiol groups is 1. The topological polar surface area (TPSA) is 192 Å². The van der Waals surface area contributed by atoms with Crippen molar-refractivity contribution in [3.63, 3.8) is 0 Å². The quantitative estimate of drug-likeness (QED) is 0.117. The van der Waals surface area contributed by atoms with Gasteiger partial charge in [-0.1, -0.05) is 0 Å². The largest absolute Gasteiger partial charge is 0.394 e. The maximum atomic E-state index is 10.2. The summed E-state index contributed by atoms with van der Waals surface area (Å²) in [5.41, 5.74) is 0. The standard InChI is InChI=1S/C14H29NO10S/c16-4-7(19)13(9(20)6(18)3-15-1-2-26)25-14-12(23)11(22)10(21)8(5-17)24-14/h6-23,26H,1-5H2/t6-,7+,8+,9+,10-,11-,12+,13+,14-/m0/s1. The zero-order chi connectivity index (χ0) is 19.9. The number of ether oxygens (including phenoxy) is 2. The average molecular weight is 403 g/mol. The number of hydrogen-bond donors (Lipinski definition) is 10. The average Bonchev–Trinajstić information content (AvgIpc) is 2.64. The highest BCUT2D eigenvalue weighted by atomic mass is 32.1. The molecule has 0 bridgehead atoms. The fraction of sp³-hybridized carbons (Fsp3) is 1.00. The molecule has 9 N–H and O–H groups in total. The lowest BCUT2D eigenvalue weighted by Crippen LogP contribution is -2.61. The van der Waals surface area contributed by atoms with E-state index in [-0.39, 0.29) is 6.54 Å². The van der Waals surface area contributed by atoms with Crippen LogP contribution in [0.5, 0.6) is 0 Å². The molecule has 0 aromatic carbocycles. The predicted octanol–water partition coefficient (Wildman–Crippen LogP) is -5.23. The highest BCUT2D eigenvalue weighted by Gasteiger charge is 2.46. The van der Waals surface area contributed by atoms with Gasteiger partial charge in [0.15, 0.2) is 6.29 Å². The summed E-state index contributed by atoms with van der Waals surface area (Å²) in [4.78, 5) is 0. The van der Waals surface area contributed by atoms with E-state index in [1.165, 1.54) is 0 Å². The Morgan fingerprint density at radius 2 is 1.65 bits per heavy atom. The van der Waals surface area contributed by atoms with Crippen molar-refractivity contribution in [1.29, 1.82) is 0 Å². The summed E-state index contributed by atoms with van der Waals surface area (Å²) in [6.07, 6.45) is -14.3. The Morgan fingerprint density at radius 3 is 2.19 bits per heavy atom. The summed E-state index contributed by atoms with van der Waals surface area (Å²) in [7, 11) is 0. The summed E-state index contributed by atoms with van der Waals surface area (Å²) in [5, 5.41) is 80.7. The third-order valence-electron chi connectivity index (χ3n) is 4.08. The van der Waals surface area contributed by atoms with Crippen molar-refractivity contribution in [2.45, 2.75) is 55.1 Å². The Labute approximate surface area is 156 Å². The Morgan fingerprint density at radius 1 is 1.00 bits per heavy atom. The zero-order valence-corrected chi connectivity index (χ0v) is 15.0. The van der Waals surface area contributed by atoms with Gasteiger partial charge >= 0.3 is 0 Å². The van der Waals surface area contributed by atoms with Gasteiger partial charge in [0, 0.05) is 18.8 Å². The first-order valence-electron chi connectivity index (χ1n) is 8.21. The van der Waals surface area contributed by atoms with Crippen LogP contribution in [0.25, 0.3) is 0 Å². The molecular weight excluding hydrogens is 374 g/mol. The molecule has 12 heteroatoms. The van der Waals surface area contributed by atoms with Gasteiger partial charge < -0.3 is 55.6 Å². The first-order valence-corrected chi connectivity index (χ1v) is 8.84. The summed E-state index contributed by atoms with van der Waals surface area (Å²) in [5.74, 6) is 0.493. The molecule has 0 amide bonds. The van der Waals surface area contributed by atoms with Gasteiger partial charge in [0.25, 0.3) is 0 Å². The minimum Gasteiger partial charge on any atom is -0.394 e. The van der Waals surface area contributed by atoms with Crippen molar-refractivity contribution in [3.8, 4) is 0 Å². The lowest BCUT2D eigenvalue weighted by atomic mass is 9.98. The van der Waals surface area contributed by atoms with Gasteiger partial charge in [0.1, 0.15) is 42.7 Å². The summed E-state index contributed by atoms with van der Waals surface area (Å²) < 4.78 is 10.4. The molecule has 156 valence electrons. The number of aliphatic hydroxyl groups is 8. The van der Waals surface area contributed by atoms with Crippen LogP contribution in [0.15, 0.2) is 0 Å². The number of nitrogens with one attached hydrogen (secondary N) is 1. The zero-order valence-electron chi connectivity index (χ0n) is 14.1. The van der Waals surface area contributed by atoms with Gasteiger partial charge in [-0.25, -0.2) is 0 Å². The van der Waals surface area contributed by atoms with Crippen molar-refractivity contribution in [3.05, 3.63) is 0 Å². The molecule has 1 heterocycles. The number of hydrogen-bond acceptors (Lipinski definition) is 12. The number of rotatable bonds is 11. The first-order chi connectivity index (χ1) is 12.3. The molecule has 1 saturated heterocycles. The molecule has 0 aromatic heterocycles. The van der Waals surface area contributed by atoms with E-state index in [1.807, 2.05) is 0 Å². The van der Waals surface area contributed by atoms with Crippen molar-refractivity contribution in [2.24, 2.45) is 0 Å². The Kier molecular flexibility index (Phi) is 10.8. The molecular formula is C14H29NO10S. The van der Waals surface area contributed by atoms with Crippen LogP contribution in [0.1, 0.15) is 0 Å². The highest BCUT2D eigenvalue weighted by molar-refractivity contribution is 7.80. The fourth-order valence-electron chi connectivity index (χ4n) is 2.51. The molecule has 11 nitrogen and oxygen atoms in total.